The Kier molecular flexibility index (Phi) is 6.85. The Morgan fingerprint density at radius 1 is 1.11 bits per heavy atom. The average Bonchev–Trinajstić information content (AvgIpc) is 3.34. The number of aromatic nitrogens is 1. The van der Waals surface area contributed by atoms with Gasteiger partial charge in [-0.1, -0.05) is 30.3 Å². The number of furan rings is 1. The first-order valence-corrected chi connectivity index (χ1v) is 12.3. The molecule has 2 aromatic carbocycles. The second-order valence-electron chi connectivity index (χ2n) is 9.56. The van der Waals surface area contributed by atoms with Gasteiger partial charge in [-0.05, 0) is 54.8 Å². The van der Waals surface area contributed by atoms with Crippen molar-refractivity contribution in [2.24, 2.45) is 0 Å². The molecule has 7 heteroatoms. The van der Waals surface area contributed by atoms with E-state index >= 15 is 0 Å². The first-order valence-electron chi connectivity index (χ1n) is 12.3. The third kappa shape index (κ3) is 5.17. The number of hydrogen-bond acceptors (Lipinski definition) is 5. The number of likely N-dealkylation sites (N-methyl/N-ethyl adjacent to an activating group) is 1. The van der Waals surface area contributed by atoms with Crippen molar-refractivity contribution in [1.82, 2.24) is 14.8 Å². The van der Waals surface area contributed by atoms with E-state index in [1.54, 1.807) is 36.3 Å². The van der Waals surface area contributed by atoms with Gasteiger partial charge in [0.05, 0.1) is 5.60 Å². The smallest absolute Gasteiger partial charge is 0.289 e. The number of rotatable bonds is 7. The maximum atomic E-state index is 14.0. The van der Waals surface area contributed by atoms with Crippen LogP contribution in [-0.4, -0.2) is 52.5 Å². The number of piperidine rings is 1. The number of carbonyl (C=O) groups is 1. The fourth-order valence-electron chi connectivity index (χ4n) is 4.79. The topological polar surface area (TPSA) is 69.8 Å². The molecule has 0 atom stereocenters. The summed E-state index contributed by atoms with van der Waals surface area (Å²) in [5, 5.41) is 12.2. The molecule has 6 nitrogen and oxygen atoms in total. The molecule has 0 bridgehead atoms. The zero-order chi connectivity index (χ0) is 25.1. The molecule has 2 aromatic heterocycles. The Labute approximate surface area is 210 Å². The first kappa shape index (κ1) is 24.2. The maximum Gasteiger partial charge on any atom is 0.289 e. The molecule has 1 amide bonds. The Bertz CT molecular complexity index is 1350. The number of likely N-dealkylation sites (tertiary alicyclic amines) is 1. The molecular weight excluding hydrogens is 457 g/mol. The lowest BCUT2D eigenvalue weighted by molar-refractivity contribution is -0.0278. The molecule has 1 aliphatic heterocycles. The summed E-state index contributed by atoms with van der Waals surface area (Å²) in [5.41, 5.74) is 2.05. The minimum Gasteiger partial charge on any atom is -0.451 e. The third-order valence-corrected chi connectivity index (χ3v) is 7.08. The van der Waals surface area contributed by atoms with Gasteiger partial charge in [0.2, 0.25) is 0 Å². The summed E-state index contributed by atoms with van der Waals surface area (Å²) < 4.78 is 19.9. The summed E-state index contributed by atoms with van der Waals surface area (Å²) in [5.74, 6) is -0.113. The monoisotopic (exact) mass is 487 g/mol. The van der Waals surface area contributed by atoms with Crippen LogP contribution in [0.1, 0.15) is 40.2 Å². The molecule has 1 fully saturated rings. The van der Waals surface area contributed by atoms with Crippen LogP contribution in [0.4, 0.5) is 4.39 Å². The highest BCUT2D eigenvalue weighted by atomic mass is 19.1. The summed E-state index contributed by atoms with van der Waals surface area (Å²) in [6.45, 7) is 2.39. The summed E-state index contributed by atoms with van der Waals surface area (Å²) in [6.07, 6.45) is 3.50. The Balaban J connectivity index is 1.24. The molecule has 1 N–H and O–H groups in total. The number of hydrogen-bond donors (Lipinski definition) is 1. The molecule has 0 saturated carbocycles. The van der Waals surface area contributed by atoms with Crippen LogP contribution in [0, 0.1) is 5.82 Å². The molecule has 4 aromatic rings. The van der Waals surface area contributed by atoms with Gasteiger partial charge in [-0.3, -0.25) is 14.7 Å². The van der Waals surface area contributed by atoms with Crippen molar-refractivity contribution in [2.75, 3.05) is 26.7 Å². The molecule has 186 valence electrons. The summed E-state index contributed by atoms with van der Waals surface area (Å²) in [7, 11) is 1.75. The highest BCUT2D eigenvalue weighted by Crippen LogP contribution is 2.35. The summed E-state index contributed by atoms with van der Waals surface area (Å²) >= 11 is 0. The van der Waals surface area contributed by atoms with E-state index in [2.05, 4.69) is 9.88 Å². The zero-order valence-corrected chi connectivity index (χ0v) is 20.4. The number of fused-ring (bicyclic) bond motifs is 1. The number of nitrogens with zero attached hydrogens (tertiary/aromatic N) is 3. The first-order chi connectivity index (χ1) is 17.4. The Hall–Kier alpha value is -3.55. The Morgan fingerprint density at radius 3 is 2.64 bits per heavy atom. The lowest BCUT2D eigenvalue weighted by atomic mass is 9.84. The quantitative estimate of drug-likeness (QED) is 0.407. The van der Waals surface area contributed by atoms with Gasteiger partial charge in [0.15, 0.2) is 5.76 Å². The number of benzene rings is 2. The van der Waals surface area contributed by atoms with E-state index in [-0.39, 0.29) is 17.5 Å². The van der Waals surface area contributed by atoms with Crippen molar-refractivity contribution in [3.8, 4) is 0 Å². The van der Waals surface area contributed by atoms with Crippen LogP contribution in [0.3, 0.4) is 0 Å². The van der Waals surface area contributed by atoms with Crippen LogP contribution < -0.4 is 0 Å². The van der Waals surface area contributed by atoms with Gasteiger partial charge in [0.1, 0.15) is 11.4 Å². The van der Waals surface area contributed by atoms with Gasteiger partial charge in [-0.15, -0.1) is 0 Å². The van der Waals surface area contributed by atoms with Crippen molar-refractivity contribution < 1.29 is 18.7 Å². The number of pyridine rings is 1. The highest BCUT2D eigenvalue weighted by Gasteiger charge is 2.34. The number of halogens is 1. The lowest BCUT2D eigenvalue weighted by Crippen LogP contribution is -2.42. The molecule has 36 heavy (non-hydrogen) atoms. The van der Waals surface area contributed by atoms with Crippen LogP contribution >= 0.6 is 0 Å². The fourth-order valence-corrected chi connectivity index (χ4v) is 4.79. The molecular formula is C29H30FN3O3. The number of aliphatic hydroxyl groups is 1. The fraction of sp³-hybridized carbons (Fsp3) is 0.310. The van der Waals surface area contributed by atoms with Gasteiger partial charge >= 0.3 is 0 Å². The van der Waals surface area contributed by atoms with E-state index in [0.717, 1.165) is 16.6 Å². The maximum absolute atomic E-state index is 14.0. The molecule has 0 radical (unpaired) electrons. The van der Waals surface area contributed by atoms with Crippen LogP contribution in [0.5, 0.6) is 0 Å². The minimum atomic E-state index is -0.971. The van der Waals surface area contributed by atoms with E-state index in [0.29, 0.717) is 56.6 Å². The van der Waals surface area contributed by atoms with E-state index in [1.165, 1.54) is 6.07 Å². The average molecular weight is 488 g/mol. The largest absolute Gasteiger partial charge is 0.451 e. The van der Waals surface area contributed by atoms with Gasteiger partial charge in [0, 0.05) is 62.5 Å². The van der Waals surface area contributed by atoms with E-state index in [1.807, 2.05) is 42.5 Å². The lowest BCUT2D eigenvalue weighted by Gasteiger charge is -2.38. The molecule has 0 unspecified atom stereocenters. The van der Waals surface area contributed by atoms with Crippen molar-refractivity contribution in [3.05, 3.63) is 101 Å². The molecule has 5 rings (SSSR count). The second kappa shape index (κ2) is 10.2. The van der Waals surface area contributed by atoms with Crippen molar-refractivity contribution in [2.45, 2.75) is 31.4 Å². The van der Waals surface area contributed by atoms with Crippen molar-refractivity contribution in [1.29, 1.82) is 0 Å². The SMILES string of the molecule is CN(CCc1ccccn1)C(=O)c1cc2cc(C3(O)CCN(Cc4ccccc4F)CC3)ccc2o1. The highest BCUT2D eigenvalue weighted by molar-refractivity contribution is 5.96. The third-order valence-electron chi connectivity index (χ3n) is 7.08. The zero-order valence-electron chi connectivity index (χ0n) is 20.4. The van der Waals surface area contributed by atoms with E-state index in [4.69, 9.17) is 4.42 Å². The summed E-state index contributed by atoms with van der Waals surface area (Å²) in [6, 6.07) is 19.9. The predicted octanol–water partition coefficient (Wildman–Crippen LogP) is 4.77. The number of carbonyl (C=O) groups excluding carboxylic acids is 1. The van der Waals surface area contributed by atoms with Gasteiger partial charge in [-0.25, -0.2) is 4.39 Å². The van der Waals surface area contributed by atoms with Crippen LogP contribution in [0.15, 0.2) is 77.3 Å². The molecule has 1 saturated heterocycles. The second-order valence-corrected chi connectivity index (χ2v) is 9.56. The number of amides is 1. The normalized spacial score (nSPS) is 15.8. The van der Waals surface area contributed by atoms with Crippen LogP contribution in [0.25, 0.3) is 11.0 Å². The van der Waals surface area contributed by atoms with Gasteiger partial charge in [-0.2, -0.15) is 0 Å². The van der Waals surface area contributed by atoms with Crippen LogP contribution in [-0.2, 0) is 18.6 Å². The minimum absolute atomic E-state index is 0.191. The van der Waals surface area contributed by atoms with Crippen LogP contribution in [0.2, 0.25) is 0 Å². The molecule has 0 aliphatic carbocycles. The molecule has 1 aliphatic rings. The Morgan fingerprint density at radius 2 is 1.89 bits per heavy atom. The standard InChI is InChI=1S/C29H30FN3O3/c1-32(15-11-24-7-4-5-14-31-24)28(34)27-19-22-18-23(9-10-26(22)36-27)29(35)12-16-33(17-13-29)20-21-6-2-3-8-25(21)30/h2-10,14,18-19,35H,11-13,15-17,20H2,1H3. The molecule has 0 spiro atoms. The van der Waals surface area contributed by atoms with E-state index in [9.17, 15) is 14.3 Å². The summed E-state index contributed by atoms with van der Waals surface area (Å²) in [4.78, 5) is 21.0. The van der Waals surface area contributed by atoms with Crippen molar-refractivity contribution >= 4 is 16.9 Å². The van der Waals surface area contributed by atoms with E-state index < -0.39 is 5.60 Å². The van der Waals surface area contributed by atoms with Gasteiger partial charge < -0.3 is 14.4 Å². The predicted molar refractivity (Wildman–Crippen MR) is 136 cm³/mol. The van der Waals surface area contributed by atoms with Gasteiger partial charge in [0.25, 0.3) is 5.91 Å². The molecule has 3 heterocycles. The van der Waals surface area contributed by atoms with Crippen molar-refractivity contribution in [3.63, 3.8) is 0 Å².